The Morgan fingerprint density at radius 2 is 1.95 bits per heavy atom. The standard InChI is InChI=1S/C16H27BrN2/c1-5-15(18)10-13-9-14(17)7-8-16(13)19(6-2)11-12(3)4/h7-9,12,15H,5-6,10-11,18H2,1-4H3. The highest BCUT2D eigenvalue weighted by atomic mass is 79.9. The number of benzene rings is 1. The number of hydrogen-bond donors (Lipinski definition) is 1. The van der Waals surface area contributed by atoms with Crippen LogP contribution in [0.1, 0.15) is 39.7 Å². The number of anilines is 1. The van der Waals surface area contributed by atoms with Gasteiger partial charge in [-0.15, -0.1) is 0 Å². The van der Waals surface area contributed by atoms with Gasteiger partial charge in [0.25, 0.3) is 0 Å². The van der Waals surface area contributed by atoms with Gasteiger partial charge < -0.3 is 10.6 Å². The van der Waals surface area contributed by atoms with Crippen LogP contribution < -0.4 is 10.6 Å². The second-order valence-electron chi connectivity index (χ2n) is 5.58. The molecule has 3 heteroatoms. The van der Waals surface area contributed by atoms with Gasteiger partial charge in [-0.25, -0.2) is 0 Å². The Kier molecular flexibility index (Phi) is 6.87. The molecule has 0 amide bonds. The maximum absolute atomic E-state index is 6.13. The molecule has 0 aliphatic heterocycles. The van der Waals surface area contributed by atoms with Gasteiger partial charge in [0.15, 0.2) is 0 Å². The highest BCUT2D eigenvalue weighted by Crippen LogP contribution is 2.26. The lowest BCUT2D eigenvalue weighted by atomic mass is 10.0. The number of halogens is 1. The highest BCUT2D eigenvalue weighted by Gasteiger charge is 2.13. The molecule has 1 rings (SSSR count). The Morgan fingerprint density at radius 3 is 2.47 bits per heavy atom. The predicted octanol–water partition coefficient (Wildman–Crippen LogP) is 4.21. The first-order chi connectivity index (χ1) is 8.97. The molecule has 0 aliphatic rings. The molecule has 108 valence electrons. The zero-order chi connectivity index (χ0) is 14.4. The zero-order valence-corrected chi connectivity index (χ0v) is 14.2. The summed E-state index contributed by atoms with van der Waals surface area (Å²) in [5, 5.41) is 0. The molecule has 0 spiro atoms. The molecule has 0 radical (unpaired) electrons. The first-order valence-corrected chi connectivity index (χ1v) is 8.06. The van der Waals surface area contributed by atoms with Crippen LogP contribution in [0.25, 0.3) is 0 Å². The van der Waals surface area contributed by atoms with Gasteiger partial charge in [0, 0.05) is 29.3 Å². The van der Waals surface area contributed by atoms with Crippen molar-refractivity contribution < 1.29 is 0 Å². The Hall–Kier alpha value is -0.540. The lowest BCUT2D eigenvalue weighted by Gasteiger charge is -2.28. The Balaban J connectivity index is 3.03. The van der Waals surface area contributed by atoms with Crippen LogP contribution in [0.3, 0.4) is 0 Å². The van der Waals surface area contributed by atoms with Crippen LogP contribution in [0.4, 0.5) is 5.69 Å². The number of nitrogens with two attached hydrogens (primary N) is 1. The molecule has 2 nitrogen and oxygen atoms in total. The molecule has 1 aromatic rings. The van der Waals surface area contributed by atoms with Crippen molar-refractivity contribution in [2.75, 3.05) is 18.0 Å². The minimum Gasteiger partial charge on any atom is -0.371 e. The van der Waals surface area contributed by atoms with Gasteiger partial charge in [-0.2, -0.15) is 0 Å². The van der Waals surface area contributed by atoms with E-state index in [1.54, 1.807) is 0 Å². The van der Waals surface area contributed by atoms with Crippen molar-refractivity contribution in [3.05, 3.63) is 28.2 Å². The maximum atomic E-state index is 6.13. The van der Waals surface area contributed by atoms with Gasteiger partial charge in [0.05, 0.1) is 0 Å². The number of hydrogen-bond acceptors (Lipinski definition) is 2. The molecule has 0 bridgehead atoms. The van der Waals surface area contributed by atoms with Gasteiger partial charge in [0.2, 0.25) is 0 Å². The molecule has 1 unspecified atom stereocenters. The lowest BCUT2D eigenvalue weighted by Crippen LogP contribution is -2.29. The Morgan fingerprint density at radius 1 is 1.26 bits per heavy atom. The third-order valence-electron chi connectivity index (χ3n) is 3.36. The third-order valence-corrected chi connectivity index (χ3v) is 3.85. The van der Waals surface area contributed by atoms with Crippen LogP contribution >= 0.6 is 15.9 Å². The minimum atomic E-state index is 0.241. The van der Waals surface area contributed by atoms with Gasteiger partial charge in [-0.05, 0) is 49.4 Å². The molecule has 0 fully saturated rings. The molecular formula is C16H27BrN2. The molecule has 0 saturated carbocycles. The van der Waals surface area contributed by atoms with Crippen LogP contribution in [0.5, 0.6) is 0 Å². The van der Waals surface area contributed by atoms with Crippen LogP contribution in [0, 0.1) is 5.92 Å². The van der Waals surface area contributed by atoms with Gasteiger partial charge in [0.1, 0.15) is 0 Å². The second kappa shape index (κ2) is 7.91. The molecule has 0 saturated heterocycles. The second-order valence-corrected chi connectivity index (χ2v) is 6.49. The molecule has 2 N–H and O–H groups in total. The molecular weight excluding hydrogens is 300 g/mol. The van der Waals surface area contributed by atoms with E-state index in [4.69, 9.17) is 5.73 Å². The lowest BCUT2D eigenvalue weighted by molar-refractivity contribution is 0.610. The average Bonchev–Trinajstić information content (AvgIpc) is 2.36. The summed E-state index contributed by atoms with van der Waals surface area (Å²) in [5.41, 5.74) is 8.82. The number of rotatable bonds is 7. The largest absolute Gasteiger partial charge is 0.371 e. The molecule has 0 aromatic heterocycles. The van der Waals surface area contributed by atoms with E-state index in [-0.39, 0.29) is 6.04 Å². The van der Waals surface area contributed by atoms with E-state index in [0.717, 1.165) is 30.4 Å². The van der Waals surface area contributed by atoms with Crippen molar-refractivity contribution in [1.29, 1.82) is 0 Å². The first-order valence-electron chi connectivity index (χ1n) is 7.26. The molecule has 0 heterocycles. The summed E-state index contributed by atoms with van der Waals surface area (Å²) >= 11 is 3.57. The first kappa shape index (κ1) is 16.5. The number of nitrogens with zero attached hydrogens (tertiary/aromatic N) is 1. The van der Waals surface area contributed by atoms with Crippen molar-refractivity contribution in [3.63, 3.8) is 0 Å². The van der Waals surface area contributed by atoms with Gasteiger partial charge in [-0.1, -0.05) is 36.7 Å². The average molecular weight is 327 g/mol. The summed E-state index contributed by atoms with van der Waals surface area (Å²) in [6.45, 7) is 11.0. The monoisotopic (exact) mass is 326 g/mol. The van der Waals surface area contributed by atoms with Gasteiger partial charge >= 0.3 is 0 Å². The van der Waals surface area contributed by atoms with Gasteiger partial charge in [-0.3, -0.25) is 0 Å². The molecule has 1 aromatic carbocycles. The Labute approximate surface area is 126 Å². The predicted molar refractivity (Wildman–Crippen MR) is 88.8 cm³/mol. The van der Waals surface area contributed by atoms with E-state index in [2.05, 4.69) is 66.7 Å². The van der Waals surface area contributed by atoms with Crippen molar-refractivity contribution in [2.45, 2.75) is 46.6 Å². The quantitative estimate of drug-likeness (QED) is 0.813. The summed E-state index contributed by atoms with van der Waals surface area (Å²) in [6.07, 6.45) is 1.96. The normalized spacial score (nSPS) is 12.8. The fraction of sp³-hybridized carbons (Fsp3) is 0.625. The van der Waals surface area contributed by atoms with E-state index in [1.807, 2.05) is 0 Å². The van der Waals surface area contributed by atoms with E-state index in [9.17, 15) is 0 Å². The topological polar surface area (TPSA) is 29.3 Å². The fourth-order valence-electron chi connectivity index (χ4n) is 2.29. The highest BCUT2D eigenvalue weighted by molar-refractivity contribution is 9.10. The van der Waals surface area contributed by atoms with E-state index in [0.29, 0.717) is 5.92 Å². The van der Waals surface area contributed by atoms with Crippen molar-refractivity contribution >= 4 is 21.6 Å². The van der Waals surface area contributed by atoms with E-state index < -0.39 is 0 Å². The third kappa shape index (κ3) is 5.15. The molecule has 0 aliphatic carbocycles. The van der Waals surface area contributed by atoms with Crippen molar-refractivity contribution in [2.24, 2.45) is 11.7 Å². The fourth-order valence-corrected chi connectivity index (χ4v) is 2.70. The van der Waals surface area contributed by atoms with Crippen LogP contribution in [0.15, 0.2) is 22.7 Å². The van der Waals surface area contributed by atoms with Crippen LogP contribution in [-0.4, -0.2) is 19.1 Å². The zero-order valence-electron chi connectivity index (χ0n) is 12.6. The summed E-state index contributed by atoms with van der Waals surface area (Å²) in [6, 6.07) is 6.80. The van der Waals surface area contributed by atoms with E-state index in [1.165, 1.54) is 11.3 Å². The van der Waals surface area contributed by atoms with Crippen molar-refractivity contribution in [1.82, 2.24) is 0 Å². The minimum absolute atomic E-state index is 0.241. The van der Waals surface area contributed by atoms with Crippen LogP contribution in [0.2, 0.25) is 0 Å². The maximum Gasteiger partial charge on any atom is 0.0400 e. The summed E-state index contributed by atoms with van der Waals surface area (Å²) in [5.74, 6) is 0.663. The van der Waals surface area contributed by atoms with E-state index >= 15 is 0 Å². The summed E-state index contributed by atoms with van der Waals surface area (Å²) in [7, 11) is 0. The SMILES string of the molecule is CCC(N)Cc1cc(Br)ccc1N(CC)CC(C)C. The summed E-state index contributed by atoms with van der Waals surface area (Å²) in [4.78, 5) is 2.45. The molecule has 1 atom stereocenters. The molecule has 19 heavy (non-hydrogen) atoms. The smallest absolute Gasteiger partial charge is 0.0400 e. The van der Waals surface area contributed by atoms with Crippen molar-refractivity contribution in [3.8, 4) is 0 Å². The Bertz CT molecular complexity index is 390. The summed E-state index contributed by atoms with van der Waals surface area (Å²) < 4.78 is 1.13. The van der Waals surface area contributed by atoms with Crippen LogP contribution in [-0.2, 0) is 6.42 Å².